The molecular formula is C24H25NO2. The Kier molecular flexibility index (Phi) is 6.26. The van der Waals surface area contributed by atoms with E-state index in [-0.39, 0.29) is 5.78 Å². The first-order chi connectivity index (χ1) is 13.2. The molecule has 0 aliphatic rings. The van der Waals surface area contributed by atoms with Crippen LogP contribution in [0.4, 0.5) is 5.69 Å². The number of anilines is 1. The molecule has 138 valence electrons. The van der Waals surface area contributed by atoms with Crippen molar-refractivity contribution in [2.24, 2.45) is 0 Å². The summed E-state index contributed by atoms with van der Waals surface area (Å²) in [5.41, 5.74) is 3.59. The highest BCUT2D eigenvalue weighted by Crippen LogP contribution is 2.22. The SMILES string of the molecule is CCN(CC)c1cccc(OCc2ccc(C(=O)c3ccccc3)cc2)c1. The highest BCUT2D eigenvalue weighted by Gasteiger charge is 2.08. The maximum absolute atomic E-state index is 12.5. The third kappa shape index (κ3) is 4.76. The van der Waals surface area contributed by atoms with Crippen LogP contribution in [0.5, 0.6) is 5.75 Å². The molecule has 0 atom stereocenters. The first kappa shape index (κ1) is 18.7. The molecule has 0 aliphatic heterocycles. The zero-order valence-electron chi connectivity index (χ0n) is 15.9. The molecule has 0 bridgehead atoms. The van der Waals surface area contributed by atoms with Crippen LogP contribution in [0.25, 0.3) is 0 Å². The summed E-state index contributed by atoms with van der Waals surface area (Å²) < 4.78 is 5.95. The van der Waals surface area contributed by atoms with E-state index in [2.05, 4.69) is 30.9 Å². The van der Waals surface area contributed by atoms with Crippen molar-refractivity contribution in [2.75, 3.05) is 18.0 Å². The molecule has 0 saturated heterocycles. The van der Waals surface area contributed by atoms with Gasteiger partial charge in [0.1, 0.15) is 12.4 Å². The molecule has 3 aromatic carbocycles. The first-order valence-corrected chi connectivity index (χ1v) is 9.37. The van der Waals surface area contributed by atoms with Crippen LogP contribution >= 0.6 is 0 Å². The minimum absolute atomic E-state index is 0.0370. The third-order valence-electron chi connectivity index (χ3n) is 4.60. The lowest BCUT2D eigenvalue weighted by Gasteiger charge is -2.21. The summed E-state index contributed by atoms with van der Waals surface area (Å²) in [7, 11) is 0. The van der Waals surface area contributed by atoms with E-state index in [1.807, 2.05) is 66.7 Å². The summed E-state index contributed by atoms with van der Waals surface area (Å²) >= 11 is 0. The lowest BCUT2D eigenvalue weighted by molar-refractivity contribution is 0.103. The molecule has 0 unspecified atom stereocenters. The number of benzene rings is 3. The average Bonchev–Trinajstić information content (AvgIpc) is 2.74. The fourth-order valence-corrected chi connectivity index (χ4v) is 3.03. The number of carbonyl (C=O) groups is 1. The van der Waals surface area contributed by atoms with Gasteiger partial charge in [0.2, 0.25) is 0 Å². The van der Waals surface area contributed by atoms with E-state index in [0.29, 0.717) is 17.7 Å². The molecule has 3 rings (SSSR count). The van der Waals surface area contributed by atoms with Gasteiger partial charge in [0, 0.05) is 36.0 Å². The van der Waals surface area contributed by atoms with Gasteiger partial charge in [-0.05, 0) is 31.5 Å². The number of rotatable bonds is 8. The van der Waals surface area contributed by atoms with Gasteiger partial charge in [-0.15, -0.1) is 0 Å². The quantitative estimate of drug-likeness (QED) is 0.508. The second kappa shape index (κ2) is 9.04. The molecule has 0 N–H and O–H groups in total. The molecule has 3 heteroatoms. The Morgan fingerprint density at radius 1 is 0.815 bits per heavy atom. The molecule has 0 aromatic heterocycles. The van der Waals surface area contributed by atoms with Gasteiger partial charge in [0.25, 0.3) is 0 Å². The predicted molar refractivity (Wildman–Crippen MR) is 111 cm³/mol. The van der Waals surface area contributed by atoms with Gasteiger partial charge in [0.05, 0.1) is 0 Å². The van der Waals surface area contributed by atoms with E-state index in [9.17, 15) is 4.79 Å². The van der Waals surface area contributed by atoms with E-state index in [1.165, 1.54) is 5.69 Å². The fraction of sp³-hybridized carbons (Fsp3) is 0.208. The number of carbonyl (C=O) groups excluding carboxylic acids is 1. The lowest BCUT2D eigenvalue weighted by atomic mass is 10.0. The van der Waals surface area contributed by atoms with Gasteiger partial charge in [-0.3, -0.25) is 4.79 Å². The molecule has 0 spiro atoms. The molecule has 0 heterocycles. The Bertz CT molecular complexity index is 868. The molecule has 0 fully saturated rings. The topological polar surface area (TPSA) is 29.5 Å². The zero-order valence-corrected chi connectivity index (χ0v) is 15.9. The predicted octanol–water partition coefficient (Wildman–Crippen LogP) is 5.34. The molecule has 3 nitrogen and oxygen atoms in total. The van der Waals surface area contributed by atoms with Crippen LogP contribution in [0, 0.1) is 0 Å². The summed E-state index contributed by atoms with van der Waals surface area (Å²) in [6.45, 7) is 6.71. The van der Waals surface area contributed by atoms with Crippen LogP contribution in [0.15, 0.2) is 78.9 Å². The Morgan fingerprint density at radius 2 is 1.48 bits per heavy atom. The third-order valence-corrected chi connectivity index (χ3v) is 4.60. The molecule has 3 aromatic rings. The van der Waals surface area contributed by atoms with Crippen molar-refractivity contribution in [3.63, 3.8) is 0 Å². The minimum atomic E-state index is 0.0370. The van der Waals surface area contributed by atoms with Crippen LogP contribution < -0.4 is 9.64 Å². The van der Waals surface area contributed by atoms with Crippen molar-refractivity contribution < 1.29 is 9.53 Å². The second-order valence-electron chi connectivity index (χ2n) is 6.35. The maximum Gasteiger partial charge on any atom is 0.193 e. The Hall–Kier alpha value is -3.07. The first-order valence-electron chi connectivity index (χ1n) is 9.37. The summed E-state index contributed by atoms with van der Waals surface area (Å²) in [6, 6.07) is 25.1. The van der Waals surface area contributed by atoms with Gasteiger partial charge in [0.15, 0.2) is 5.78 Å². The summed E-state index contributed by atoms with van der Waals surface area (Å²) in [5, 5.41) is 0. The number of ether oxygens (including phenoxy) is 1. The summed E-state index contributed by atoms with van der Waals surface area (Å²) in [5.74, 6) is 0.888. The molecular weight excluding hydrogens is 334 g/mol. The monoisotopic (exact) mass is 359 g/mol. The largest absolute Gasteiger partial charge is 0.489 e. The van der Waals surface area contributed by atoms with Crippen molar-refractivity contribution in [1.82, 2.24) is 0 Å². The highest BCUT2D eigenvalue weighted by molar-refractivity contribution is 6.08. The van der Waals surface area contributed by atoms with Crippen molar-refractivity contribution in [2.45, 2.75) is 20.5 Å². The Labute approximate surface area is 161 Å². The van der Waals surface area contributed by atoms with Crippen molar-refractivity contribution in [3.8, 4) is 5.75 Å². The smallest absolute Gasteiger partial charge is 0.193 e. The number of hydrogen-bond acceptors (Lipinski definition) is 3. The average molecular weight is 359 g/mol. The minimum Gasteiger partial charge on any atom is -0.489 e. The molecule has 0 radical (unpaired) electrons. The van der Waals surface area contributed by atoms with Gasteiger partial charge in [-0.1, -0.05) is 60.7 Å². The Balaban J connectivity index is 1.64. The molecule has 0 saturated carbocycles. The van der Waals surface area contributed by atoms with Crippen molar-refractivity contribution in [3.05, 3.63) is 95.6 Å². The van der Waals surface area contributed by atoms with Crippen molar-refractivity contribution >= 4 is 11.5 Å². The Morgan fingerprint density at radius 3 is 2.15 bits per heavy atom. The van der Waals surface area contributed by atoms with Crippen LogP contribution in [-0.2, 0) is 6.61 Å². The van der Waals surface area contributed by atoms with Gasteiger partial charge in [-0.2, -0.15) is 0 Å². The van der Waals surface area contributed by atoms with Crippen LogP contribution in [-0.4, -0.2) is 18.9 Å². The van der Waals surface area contributed by atoms with E-state index >= 15 is 0 Å². The zero-order chi connectivity index (χ0) is 19.1. The number of nitrogens with zero attached hydrogens (tertiary/aromatic N) is 1. The molecule has 27 heavy (non-hydrogen) atoms. The second-order valence-corrected chi connectivity index (χ2v) is 6.35. The summed E-state index contributed by atoms with van der Waals surface area (Å²) in [4.78, 5) is 14.7. The van der Waals surface area contributed by atoms with E-state index in [0.717, 1.165) is 24.4 Å². The lowest BCUT2D eigenvalue weighted by Crippen LogP contribution is -2.21. The van der Waals surface area contributed by atoms with E-state index in [1.54, 1.807) is 0 Å². The number of ketones is 1. The van der Waals surface area contributed by atoms with Crippen LogP contribution in [0.2, 0.25) is 0 Å². The standard InChI is InChI=1S/C24H25NO2/c1-3-25(4-2)22-11-8-12-23(17-22)27-18-19-13-15-21(16-14-19)24(26)20-9-6-5-7-10-20/h5-17H,3-4,18H2,1-2H3. The van der Waals surface area contributed by atoms with E-state index < -0.39 is 0 Å². The number of hydrogen-bond donors (Lipinski definition) is 0. The van der Waals surface area contributed by atoms with Gasteiger partial charge >= 0.3 is 0 Å². The normalized spacial score (nSPS) is 10.4. The molecule has 0 amide bonds. The fourth-order valence-electron chi connectivity index (χ4n) is 3.03. The highest BCUT2D eigenvalue weighted by atomic mass is 16.5. The molecule has 0 aliphatic carbocycles. The van der Waals surface area contributed by atoms with Crippen LogP contribution in [0.1, 0.15) is 35.3 Å². The summed E-state index contributed by atoms with van der Waals surface area (Å²) in [6.07, 6.45) is 0. The van der Waals surface area contributed by atoms with Crippen molar-refractivity contribution in [1.29, 1.82) is 0 Å². The van der Waals surface area contributed by atoms with Gasteiger partial charge in [-0.25, -0.2) is 0 Å². The maximum atomic E-state index is 12.5. The van der Waals surface area contributed by atoms with Crippen LogP contribution in [0.3, 0.4) is 0 Å². The van der Waals surface area contributed by atoms with Gasteiger partial charge < -0.3 is 9.64 Å². The van der Waals surface area contributed by atoms with E-state index in [4.69, 9.17) is 4.74 Å².